The molecule has 1 atom stereocenters. The molecule has 0 aliphatic carbocycles. The molecule has 0 saturated carbocycles. The normalized spacial score (nSPS) is 20.8. The molecule has 1 N–H and O–H groups in total. The summed E-state index contributed by atoms with van der Waals surface area (Å²) in [4.78, 5) is 7.03. The van der Waals surface area contributed by atoms with Gasteiger partial charge in [0.25, 0.3) is 0 Å². The number of aromatic nitrogens is 1. The molecule has 140 valence electrons. The van der Waals surface area contributed by atoms with Crippen LogP contribution in [0.25, 0.3) is 10.9 Å². The van der Waals surface area contributed by atoms with E-state index < -0.39 is 0 Å². The smallest absolute Gasteiger partial charge is 0.0737 e. The summed E-state index contributed by atoms with van der Waals surface area (Å²) in [5.74, 6) is 0. The molecule has 2 aliphatic heterocycles. The Balaban J connectivity index is 1.24. The molecule has 3 heterocycles. The van der Waals surface area contributed by atoms with Gasteiger partial charge in [0.05, 0.1) is 5.52 Å². The van der Waals surface area contributed by atoms with Crippen LogP contribution >= 0.6 is 11.6 Å². The molecule has 5 heteroatoms. The van der Waals surface area contributed by atoms with E-state index in [1.54, 1.807) is 0 Å². The maximum Gasteiger partial charge on any atom is 0.0737 e. The van der Waals surface area contributed by atoms with Crippen molar-refractivity contribution in [2.24, 2.45) is 5.41 Å². The topological polar surface area (TPSA) is 37.4 Å². The Kier molecular flexibility index (Phi) is 5.35. The second kappa shape index (κ2) is 7.71. The van der Waals surface area contributed by atoms with E-state index in [4.69, 9.17) is 16.3 Å². The van der Waals surface area contributed by atoms with Crippen molar-refractivity contribution in [3.8, 4) is 0 Å². The van der Waals surface area contributed by atoms with Crippen molar-refractivity contribution in [1.82, 2.24) is 9.88 Å². The Morgan fingerprint density at radius 1 is 1.27 bits per heavy atom. The van der Waals surface area contributed by atoms with Crippen molar-refractivity contribution in [1.29, 1.82) is 0 Å². The van der Waals surface area contributed by atoms with Gasteiger partial charge in [-0.1, -0.05) is 11.6 Å². The summed E-state index contributed by atoms with van der Waals surface area (Å²) in [6.45, 7) is 7.93. The first kappa shape index (κ1) is 18.0. The molecule has 0 bridgehead atoms. The maximum atomic E-state index is 6.08. The molecule has 2 aliphatic rings. The van der Waals surface area contributed by atoms with Crippen LogP contribution in [0, 0.1) is 5.41 Å². The Hall–Kier alpha value is -1.36. The molecule has 2 aromatic rings. The second-order valence-corrected chi connectivity index (χ2v) is 8.47. The molecular formula is C21H28ClN3O. The maximum absolute atomic E-state index is 6.08. The van der Waals surface area contributed by atoms with E-state index in [9.17, 15) is 0 Å². The van der Waals surface area contributed by atoms with Crippen LogP contribution < -0.4 is 5.32 Å². The number of pyridine rings is 1. The van der Waals surface area contributed by atoms with Gasteiger partial charge in [0, 0.05) is 60.1 Å². The molecule has 4 nitrogen and oxygen atoms in total. The number of ether oxygens (including phenoxy) is 1. The quantitative estimate of drug-likeness (QED) is 0.804. The monoisotopic (exact) mass is 373 g/mol. The fourth-order valence-electron chi connectivity index (χ4n) is 4.39. The minimum absolute atomic E-state index is 0.439. The van der Waals surface area contributed by atoms with E-state index >= 15 is 0 Å². The molecule has 2 fully saturated rings. The number of hydrogen-bond acceptors (Lipinski definition) is 4. The predicted molar refractivity (Wildman–Crippen MR) is 108 cm³/mol. The SMILES string of the molecule is CC(CCCN1CC2(CCOCC2)C1)Nc1ccnc2cc(Cl)ccc12. The van der Waals surface area contributed by atoms with Gasteiger partial charge in [-0.2, -0.15) is 0 Å². The lowest BCUT2D eigenvalue weighted by Gasteiger charge is -2.52. The van der Waals surface area contributed by atoms with Crippen molar-refractivity contribution in [2.75, 3.05) is 38.2 Å². The van der Waals surface area contributed by atoms with E-state index in [1.807, 2.05) is 24.4 Å². The van der Waals surface area contributed by atoms with Crippen LogP contribution in [0.1, 0.15) is 32.6 Å². The largest absolute Gasteiger partial charge is 0.382 e. The highest BCUT2D eigenvalue weighted by molar-refractivity contribution is 6.31. The Morgan fingerprint density at radius 2 is 2.08 bits per heavy atom. The van der Waals surface area contributed by atoms with Crippen molar-refractivity contribution in [3.05, 3.63) is 35.5 Å². The highest BCUT2D eigenvalue weighted by atomic mass is 35.5. The van der Waals surface area contributed by atoms with Crippen LogP contribution in [0.4, 0.5) is 5.69 Å². The van der Waals surface area contributed by atoms with Gasteiger partial charge in [0.1, 0.15) is 0 Å². The number of rotatable bonds is 6. The van der Waals surface area contributed by atoms with Gasteiger partial charge in [-0.3, -0.25) is 4.98 Å². The van der Waals surface area contributed by atoms with Crippen LogP contribution in [0.15, 0.2) is 30.5 Å². The average Bonchev–Trinajstić information content (AvgIpc) is 2.61. The molecule has 1 spiro atoms. The van der Waals surface area contributed by atoms with Gasteiger partial charge in [-0.25, -0.2) is 0 Å². The zero-order valence-electron chi connectivity index (χ0n) is 15.5. The number of nitrogens with zero attached hydrogens (tertiary/aromatic N) is 2. The summed E-state index contributed by atoms with van der Waals surface area (Å²) >= 11 is 6.08. The lowest BCUT2D eigenvalue weighted by atomic mass is 9.73. The van der Waals surface area contributed by atoms with Gasteiger partial charge < -0.3 is 15.0 Å². The summed E-state index contributed by atoms with van der Waals surface area (Å²) in [6, 6.07) is 8.39. The third kappa shape index (κ3) is 3.98. The number of fused-ring (bicyclic) bond motifs is 1. The predicted octanol–water partition coefficient (Wildman–Crippen LogP) is 4.58. The average molecular weight is 374 g/mol. The Labute approximate surface area is 160 Å². The fourth-order valence-corrected chi connectivity index (χ4v) is 4.55. The summed E-state index contributed by atoms with van der Waals surface area (Å²) in [6.07, 6.45) is 6.75. The number of likely N-dealkylation sites (tertiary alicyclic amines) is 1. The molecular weight excluding hydrogens is 346 g/mol. The summed E-state index contributed by atoms with van der Waals surface area (Å²) in [5, 5.41) is 5.51. The van der Waals surface area contributed by atoms with Crippen molar-refractivity contribution in [3.63, 3.8) is 0 Å². The van der Waals surface area contributed by atoms with E-state index in [1.165, 1.54) is 45.3 Å². The van der Waals surface area contributed by atoms with Crippen LogP contribution in [-0.2, 0) is 4.74 Å². The number of benzene rings is 1. The lowest BCUT2D eigenvalue weighted by Crippen LogP contribution is -2.58. The second-order valence-electron chi connectivity index (χ2n) is 8.03. The van der Waals surface area contributed by atoms with Gasteiger partial charge in [-0.15, -0.1) is 0 Å². The van der Waals surface area contributed by atoms with Gasteiger partial charge in [-0.05, 0) is 63.4 Å². The fraction of sp³-hybridized carbons (Fsp3) is 0.571. The third-order valence-corrected chi connectivity index (χ3v) is 6.12. The summed E-state index contributed by atoms with van der Waals surface area (Å²) in [7, 11) is 0. The van der Waals surface area contributed by atoms with Crippen LogP contribution in [-0.4, -0.2) is 48.8 Å². The number of anilines is 1. The standard InChI is InChI=1S/C21H28ClN3O/c1-16(3-2-10-25-14-21(15-25)7-11-26-12-8-21)24-19-6-9-23-20-13-17(22)4-5-18(19)20/h4-6,9,13,16H,2-3,7-8,10-12,14-15H2,1H3,(H,23,24). The minimum atomic E-state index is 0.439. The first-order valence-electron chi connectivity index (χ1n) is 9.75. The number of nitrogens with one attached hydrogen (secondary N) is 1. The first-order valence-corrected chi connectivity index (χ1v) is 10.1. The molecule has 4 rings (SSSR count). The van der Waals surface area contributed by atoms with Crippen LogP contribution in [0.5, 0.6) is 0 Å². The molecule has 1 aromatic carbocycles. The zero-order valence-corrected chi connectivity index (χ0v) is 16.3. The Bertz CT molecular complexity index is 752. The van der Waals surface area contributed by atoms with Gasteiger partial charge in [0.15, 0.2) is 0 Å². The molecule has 26 heavy (non-hydrogen) atoms. The molecule has 1 aromatic heterocycles. The van der Waals surface area contributed by atoms with E-state index in [0.29, 0.717) is 11.5 Å². The lowest BCUT2D eigenvalue weighted by molar-refractivity contribution is -0.0806. The first-order chi connectivity index (χ1) is 12.6. The van der Waals surface area contributed by atoms with E-state index in [-0.39, 0.29) is 0 Å². The van der Waals surface area contributed by atoms with Gasteiger partial charge >= 0.3 is 0 Å². The van der Waals surface area contributed by atoms with Crippen LogP contribution in [0.2, 0.25) is 5.02 Å². The zero-order chi connectivity index (χ0) is 18.0. The number of halogens is 1. The van der Waals surface area contributed by atoms with Crippen molar-refractivity contribution in [2.45, 2.75) is 38.6 Å². The Morgan fingerprint density at radius 3 is 2.88 bits per heavy atom. The highest BCUT2D eigenvalue weighted by Crippen LogP contribution is 2.39. The molecule has 0 radical (unpaired) electrons. The summed E-state index contributed by atoms with van der Waals surface area (Å²) in [5.41, 5.74) is 2.67. The highest BCUT2D eigenvalue weighted by Gasteiger charge is 2.43. The minimum Gasteiger partial charge on any atom is -0.382 e. The molecule has 1 unspecified atom stereocenters. The van der Waals surface area contributed by atoms with Crippen molar-refractivity contribution >= 4 is 28.2 Å². The summed E-state index contributed by atoms with van der Waals surface area (Å²) < 4.78 is 5.50. The van der Waals surface area contributed by atoms with Crippen LogP contribution in [0.3, 0.4) is 0 Å². The third-order valence-electron chi connectivity index (χ3n) is 5.89. The van der Waals surface area contributed by atoms with Crippen molar-refractivity contribution < 1.29 is 4.74 Å². The number of hydrogen-bond donors (Lipinski definition) is 1. The van der Waals surface area contributed by atoms with E-state index in [0.717, 1.165) is 34.8 Å². The van der Waals surface area contributed by atoms with E-state index in [2.05, 4.69) is 28.2 Å². The molecule has 2 saturated heterocycles. The van der Waals surface area contributed by atoms with Gasteiger partial charge in [0.2, 0.25) is 0 Å². The molecule has 0 amide bonds.